The number of aromatic nitrogens is 1. The van der Waals surface area contributed by atoms with Crippen molar-refractivity contribution in [3.8, 4) is 0 Å². The number of hydrogen-bond acceptors (Lipinski definition) is 3. The van der Waals surface area contributed by atoms with E-state index in [4.69, 9.17) is 0 Å². The maximum atomic E-state index is 12.9. The van der Waals surface area contributed by atoms with Crippen molar-refractivity contribution >= 4 is 40.2 Å². The van der Waals surface area contributed by atoms with Gasteiger partial charge in [0.2, 0.25) is 11.8 Å². The van der Waals surface area contributed by atoms with Crippen LogP contribution in [0, 0.1) is 12.8 Å². The molecule has 31 heavy (non-hydrogen) atoms. The zero-order valence-corrected chi connectivity index (χ0v) is 19.0. The fraction of sp³-hybridized carbons (Fsp3) is 0.360. The van der Waals surface area contributed by atoms with Crippen LogP contribution in [0.3, 0.4) is 0 Å². The number of fused-ring (bicyclic) bond motifs is 1. The average Bonchev–Trinajstić information content (AvgIpc) is 3.10. The molecule has 0 spiro atoms. The molecule has 1 saturated heterocycles. The monoisotopic (exact) mass is 435 g/mol. The number of nitrogens with one attached hydrogen (secondary N) is 1. The highest BCUT2D eigenvalue weighted by Gasteiger charge is 2.21. The van der Waals surface area contributed by atoms with Crippen LogP contribution >= 0.6 is 11.8 Å². The van der Waals surface area contributed by atoms with Crippen LogP contribution in [0.2, 0.25) is 0 Å². The molecule has 1 fully saturated rings. The molecule has 5 nitrogen and oxygen atoms in total. The molecule has 0 unspecified atom stereocenters. The number of benzene rings is 2. The van der Waals surface area contributed by atoms with Gasteiger partial charge >= 0.3 is 0 Å². The fourth-order valence-electron chi connectivity index (χ4n) is 4.03. The van der Waals surface area contributed by atoms with Gasteiger partial charge in [-0.25, -0.2) is 0 Å². The van der Waals surface area contributed by atoms with Gasteiger partial charge < -0.3 is 14.8 Å². The minimum absolute atomic E-state index is 0.0362. The van der Waals surface area contributed by atoms with Crippen LogP contribution in [0.4, 0.5) is 5.69 Å². The number of para-hydroxylation sites is 1. The first-order valence-corrected chi connectivity index (χ1v) is 11.8. The number of hydrogen-bond donors (Lipinski definition) is 1. The molecule has 2 heterocycles. The minimum atomic E-state index is -0.0362. The topological polar surface area (TPSA) is 54.3 Å². The second kappa shape index (κ2) is 9.60. The normalized spacial score (nSPS) is 14.7. The third kappa shape index (κ3) is 5.31. The van der Waals surface area contributed by atoms with Gasteiger partial charge in [-0.1, -0.05) is 37.3 Å². The maximum absolute atomic E-state index is 12.9. The van der Waals surface area contributed by atoms with E-state index in [2.05, 4.69) is 18.3 Å². The quantitative estimate of drug-likeness (QED) is 0.558. The van der Waals surface area contributed by atoms with Crippen molar-refractivity contribution in [1.29, 1.82) is 0 Å². The molecule has 1 aliphatic heterocycles. The van der Waals surface area contributed by atoms with E-state index in [0.29, 0.717) is 18.2 Å². The van der Waals surface area contributed by atoms with E-state index in [1.54, 1.807) is 0 Å². The lowest BCUT2D eigenvalue weighted by Crippen LogP contribution is -2.39. The van der Waals surface area contributed by atoms with Gasteiger partial charge in [-0.05, 0) is 49.4 Å². The van der Waals surface area contributed by atoms with Gasteiger partial charge in [-0.2, -0.15) is 0 Å². The van der Waals surface area contributed by atoms with E-state index < -0.39 is 0 Å². The van der Waals surface area contributed by atoms with Gasteiger partial charge in [0.1, 0.15) is 6.54 Å². The average molecular weight is 436 g/mol. The molecule has 162 valence electrons. The summed E-state index contributed by atoms with van der Waals surface area (Å²) in [4.78, 5) is 28.3. The molecular weight excluding hydrogens is 406 g/mol. The highest BCUT2D eigenvalue weighted by molar-refractivity contribution is 8.00. The number of piperidine rings is 1. The van der Waals surface area contributed by atoms with Crippen molar-refractivity contribution in [3.63, 3.8) is 0 Å². The second-order valence-corrected chi connectivity index (χ2v) is 9.43. The van der Waals surface area contributed by atoms with Crippen LogP contribution in [-0.4, -0.2) is 40.1 Å². The molecule has 0 atom stereocenters. The lowest BCUT2D eigenvalue weighted by Gasteiger charge is -2.30. The Morgan fingerprint density at radius 3 is 2.65 bits per heavy atom. The zero-order chi connectivity index (χ0) is 21.8. The Bertz CT molecular complexity index is 1080. The van der Waals surface area contributed by atoms with Crippen LogP contribution in [-0.2, 0) is 16.1 Å². The summed E-state index contributed by atoms with van der Waals surface area (Å²) in [5.74, 6) is 1.15. The largest absolute Gasteiger partial charge is 0.341 e. The molecule has 0 saturated carbocycles. The summed E-state index contributed by atoms with van der Waals surface area (Å²) in [7, 11) is 0. The molecule has 3 aromatic rings. The first kappa shape index (κ1) is 21.5. The molecule has 1 aliphatic rings. The zero-order valence-electron chi connectivity index (χ0n) is 18.1. The van der Waals surface area contributed by atoms with E-state index in [1.165, 1.54) is 11.8 Å². The molecule has 1 aromatic heterocycles. The lowest BCUT2D eigenvalue weighted by atomic mass is 9.99. The number of carbonyl (C=O) groups excluding carboxylic acids is 2. The number of likely N-dealkylation sites (tertiary alicyclic amines) is 1. The second-order valence-electron chi connectivity index (χ2n) is 8.41. The van der Waals surface area contributed by atoms with Crippen molar-refractivity contribution in [2.24, 2.45) is 5.92 Å². The first-order valence-electron chi connectivity index (χ1n) is 10.8. The van der Waals surface area contributed by atoms with Crippen LogP contribution in [0.1, 0.15) is 25.3 Å². The predicted molar refractivity (Wildman–Crippen MR) is 127 cm³/mol. The van der Waals surface area contributed by atoms with Crippen molar-refractivity contribution in [3.05, 3.63) is 60.3 Å². The standard InChI is InChI=1S/C25H29N3O2S/c1-18-10-12-27(13-11-18)25(30)16-28-15-23(21-8-3-4-9-22(21)28)31-17-24(29)26-20-7-5-6-19(2)14-20/h3-9,14-15,18H,10-13,16-17H2,1-2H3,(H,26,29). The molecule has 2 aromatic carbocycles. The summed E-state index contributed by atoms with van der Waals surface area (Å²) < 4.78 is 2.02. The molecule has 0 aliphatic carbocycles. The Morgan fingerprint density at radius 2 is 1.87 bits per heavy atom. The van der Waals surface area contributed by atoms with E-state index in [1.807, 2.05) is 65.1 Å². The van der Waals surface area contributed by atoms with E-state index in [-0.39, 0.29) is 11.8 Å². The van der Waals surface area contributed by atoms with Gasteiger partial charge in [0.15, 0.2) is 0 Å². The lowest BCUT2D eigenvalue weighted by molar-refractivity contribution is -0.133. The summed E-state index contributed by atoms with van der Waals surface area (Å²) in [5.41, 5.74) is 2.96. The van der Waals surface area contributed by atoms with Crippen LogP contribution in [0.5, 0.6) is 0 Å². The number of rotatable bonds is 6. The Morgan fingerprint density at radius 1 is 1.10 bits per heavy atom. The van der Waals surface area contributed by atoms with Gasteiger partial charge in [-0.15, -0.1) is 11.8 Å². The Hall–Kier alpha value is -2.73. The van der Waals surface area contributed by atoms with Gasteiger partial charge in [0.05, 0.1) is 5.75 Å². The predicted octanol–water partition coefficient (Wildman–Crippen LogP) is 4.94. The van der Waals surface area contributed by atoms with E-state index in [9.17, 15) is 9.59 Å². The first-order chi connectivity index (χ1) is 15.0. The maximum Gasteiger partial charge on any atom is 0.242 e. The smallest absolute Gasteiger partial charge is 0.242 e. The highest BCUT2D eigenvalue weighted by Crippen LogP contribution is 2.30. The molecule has 0 radical (unpaired) electrons. The third-order valence-electron chi connectivity index (χ3n) is 5.85. The summed E-state index contributed by atoms with van der Waals surface area (Å²) in [5, 5.41) is 4.04. The number of amides is 2. The highest BCUT2D eigenvalue weighted by atomic mass is 32.2. The van der Waals surface area contributed by atoms with E-state index >= 15 is 0 Å². The van der Waals surface area contributed by atoms with Crippen molar-refractivity contribution < 1.29 is 9.59 Å². The molecule has 0 bridgehead atoms. The SMILES string of the molecule is Cc1cccc(NC(=O)CSc2cn(CC(=O)N3CCC(C)CC3)c3ccccc23)c1. The molecule has 2 amide bonds. The third-order valence-corrected chi connectivity index (χ3v) is 6.90. The Kier molecular flexibility index (Phi) is 6.66. The summed E-state index contributed by atoms with van der Waals surface area (Å²) >= 11 is 1.51. The van der Waals surface area contributed by atoms with Gasteiger partial charge in [0.25, 0.3) is 0 Å². The summed E-state index contributed by atoms with van der Waals surface area (Å²) in [6.07, 6.45) is 4.17. The fourth-order valence-corrected chi connectivity index (χ4v) is 4.91. The van der Waals surface area contributed by atoms with Crippen LogP contribution in [0.15, 0.2) is 59.6 Å². The number of aryl methyl sites for hydroxylation is 1. The van der Waals surface area contributed by atoms with Gasteiger partial charge in [-0.3, -0.25) is 9.59 Å². The summed E-state index contributed by atoms with van der Waals surface area (Å²) in [6, 6.07) is 15.9. The Balaban J connectivity index is 1.44. The number of anilines is 1. The number of thioether (sulfide) groups is 1. The van der Waals surface area contributed by atoms with Crippen molar-refractivity contribution in [2.75, 3.05) is 24.2 Å². The van der Waals surface area contributed by atoms with E-state index in [0.717, 1.165) is 53.0 Å². The Labute approximate surface area is 187 Å². The molecular formula is C25H29N3O2S. The van der Waals surface area contributed by atoms with Gasteiger partial charge in [0, 0.05) is 40.8 Å². The molecule has 4 rings (SSSR count). The summed E-state index contributed by atoms with van der Waals surface area (Å²) in [6.45, 7) is 6.29. The minimum Gasteiger partial charge on any atom is -0.341 e. The molecule has 6 heteroatoms. The van der Waals surface area contributed by atoms with Crippen molar-refractivity contribution in [2.45, 2.75) is 38.1 Å². The van der Waals surface area contributed by atoms with Crippen LogP contribution in [0.25, 0.3) is 10.9 Å². The number of nitrogens with zero attached hydrogens (tertiary/aromatic N) is 2. The van der Waals surface area contributed by atoms with Crippen molar-refractivity contribution in [1.82, 2.24) is 9.47 Å². The number of carbonyl (C=O) groups is 2. The van der Waals surface area contributed by atoms with Crippen LogP contribution < -0.4 is 5.32 Å². The molecule has 1 N–H and O–H groups in total.